The minimum Gasteiger partial charge on any atom is -0.462 e. The van der Waals surface area contributed by atoms with Crippen LogP contribution in [0.5, 0.6) is 0 Å². The largest absolute Gasteiger partial charge is 0.462 e. The molecule has 0 aliphatic carbocycles. The number of carbonyl (C=O) groups excluding carboxylic acids is 1. The van der Waals surface area contributed by atoms with Crippen LogP contribution in [0.4, 0.5) is 5.69 Å². The number of ether oxygens (including phenoxy) is 1. The first-order chi connectivity index (χ1) is 11.0. The second kappa shape index (κ2) is 10.3. The molecular formula is C19H33N2O2+. The van der Waals surface area contributed by atoms with Crippen LogP contribution in [0.2, 0.25) is 0 Å². The van der Waals surface area contributed by atoms with Gasteiger partial charge in [0.25, 0.3) is 0 Å². The van der Waals surface area contributed by atoms with Gasteiger partial charge in [-0.15, -0.1) is 0 Å². The molecule has 0 saturated carbocycles. The van der Waals surface area contributed by atoms with Gasteiger partial charge in [0, 0.05) is 12.1 Å². The molecule has 0 amide bonds. The highest BCUT2D eigenvalue weighted by atomic mass is 16.5. The zero-order valence-electron chi connectivity index (χ0n) is 15.0. The second-order valence-corrected chi connectivity index (χ2v) is 6.61. The third-order valence-corrected chi connectivity index (χ3v) is 4.32. The highest BCUT2D eigenvalue weighted by Crippen LogP contribution is 2.11. The minimum absolute atomic E-state index is 0.263. The maximum atomic E-state index is 12.0. The summed E-state index contributed by atoms with van der Waals surface area (Å²) in [5.74, 6) is -0.263. The number of nitrogens with two attached hydrogens (primary N) is 1. The summed E-state index contributed by atoms with van der Waals surface area (Å²) < 4.78 is 6.47. The van der Waals surface area contributed by atoms with E-state index < -0.39 is 0 Å². The molecule has 4 heteroatoms. The number of anilines is 1. The smallest absolute Gasteiger partial charge is 0.338 e. The highest BCUT2D eigenvalue weighted by Gasteiger charge is 2.20. The Hall–Kier alpha value is -1.55. The van der Waals surface area contributed by atoms with E-state index >= 15 is 0 Å². The molecule has 0 unspecified atom stereocenters. The van der Waals surface area contributed by atoms with Gasteiger partial charge in [0.05, 0.1) is 38.9 Å². The molecule has 1 aromatic carbocycles. The molecule has 0 aliphatic rings. The van der Waals surface area contributed by atoms with Crippen molar-refractivity contribution in [2.45, 2.75) is 46.0 Å². The quantitative estimate of drug-likeness (QED) is 0.291. The number of carbonyl (C=O) groups is 1. The fourth-order valence-electron chi connectivity index (χ4n) is 2.73. The van der Waals surface area contributed by atoms with Gasteiger partial charge >= 0.3 is 5.97 Å². The van der Waals surface area contributed by atoms with Gasteiger partial charge < -0.3 is 15.0 Å². The molecular weight excluding hydrogens is 288 g/mol. The summed E-state index contributed by atoms with van der Waals surface area (Å²) in [6.45, 7) is 8.44. The highest BCUT2D eigenvalue weighted by molar-refractivity contribution is 5.89. The minimum atomic E-state index is -0.263. The van der Waals surface area contributed by atoms with Crippen molar-refractivity contribution >= 4 is 11.7 Å². The maximum Gasteiger partial charge on any atom is 0.338 e. The van der Waals surface area contributed by atoms with Gasteiger partial charge in [0.1, 0.15) is 0 Å². The number of rotatable bonds is 11. The van der Waals surface area contributed by atoms with Crippen LogP contribution in [-0.4, -0.2) is 43.7 Å². The molecule has 0 atom stereocenters. The number of benzene rings is 1. The standard InChI is InChI=1S/C19H32N2O2/c1-4-6-13-21(3,14-7-5-2)15-8-16-23-19(22)17-9-11-18(20)12-10-17/h9-12H,4-8,13-16H2,1-3H3,(H-,20,22)/p+1. The lowest BCUT2D eigenvalue weighted by Gasteiger charge is -2.34. The van der Waals surface area contributed by atoms with E-state index in [-0.39, 0.29) is 5.97 Å². The first-order valence-electron chi connectivity index (χ1n) is 8.87. The topological polar surface area (TPSA) is 52.3 Å². The third kappa shape index (κ3) is 7.51. The average molecular weight is 321 g/mol. The van der Waals surface area contributed by atoms with E-state index in [1.807, 2.05) is 0 Å². The summed E-state index contributed by atoms with van der Waals surface area (Å²) in [5.41, 5.74) is 6.84. The number of nitrogen functional groups attached to an aromatic ring is 1. The zero-order valence-corrected chi connectivity index (χ0v) is 15.0. The fraction of sp³-hybridized carbons (Fsp3) is 0.632. The van der Waals surface area contributed by atoms with Crippen LogP contribution >= 0.6 is 0 Å². The Morgan fingerprint density at radius 3 is 2.04 bits per heavy atom. The Bertz CT molecular complexity index is 449. The molecule has 0 bridgehead atoms. The van der Waals surface area contributed by atoms with Crippen molar-refractivity contribution in [3.05, 3.63) is 29.8 Å². The first kappa shape index (κ1) is 19.5. The van der Waals surface area contributed by atoms with Gasteiger partial charge in [-0.2, -0.15) is 0 Å². The summed E-state index contributed by atoms with van der Waals surface area (Å²) >= 11 is 0. The van der Waals surface area contributed by atoms with Gasteiger partial charge in [0.2, 0.25) is 0 Å². The van der Waals surface area contributed by atoms with Crippen LogP contribution < -0.4 is 5.73 Å². The van der Waals surface area contributed by atoms with E-state index in [9.17, 15) is 4.79 Å². The molecule has 2 N–H and O–H groups in total. The Balaban J connectivity index is 2.37. The lowest BCUT2D eigenvalue weighted by molar-refractivity contribution is -0.910. The van der Waals surface area contributed by atoms with Gasteiger partial charge in [-0.05, 0) is 37.1 Å². The second-order valence-electron chi connectivity index (χ2n) is 6.61. The number of hydrogen-bond acceptors (Lipinski definition) is 3. The van der Waals surface area contributed by atoms with E-state index in [4.69, 9.17) is 10.5 Å². The van der Waals surface area contributed by atoms with E-state index in [2.05, 4.69) is 20.9 Å². The molecule has 4 nitrogen and oxygen atoms in total. The first-order valence-corrected chi connectivity index (χ1v) is 8.87. The number of nitrogens with zero attached hydrogens (tertiary/aromatic N) is 1. The molecule has 0 aromatic heterocycles. The van der Waals surface area contributed by atoms with Crippen molar-refractivity contribution in [2.24, 2.45) is 0 Å². The maximum absolute atomic E-state index is 12.0. The predicted octanol–water partition coefficient (Wildman–Crippen LogP) is 3.86. The monoisotopic (exact) mass is 321 g/mol. The Kier molecular flexibility index (Phi) is 8.70. The van der Waals surface area contributed by atoms with Crippen LogP contribution in [0.1, 0.15) is 56.3 Å². The molecule has 0 fully saturated rings. The van der Waals surface area contributed by atoms with Crippen molar-refractivity contribution < 1.29 is 14.0 Å². The Labute approximate surface area is 141 Å². The van der Waals surface area contributed by atoms with Gasteiger partial charge in [-0.1, -0.05) is 26.7 Å². The summed E-state index contributed by atoms with van der Waals surface area (Å²) in [6, 6.07) is 6.86. The van der Waals surface area contributed by atoms with Gasteiger partial charge in [-0.25, -0.2) is 4.79 Å². The summed E-state index contributed by atoms with van der Waals surface area (Å²) in [7, 11) is 2.33. The number of esters is 1. The van der Waals surface area contributed by atoms with Crippen molar-refractivity contribution in [2.75, 3.05) is 39.0 Å². The molecule has 0 heterocycles. The summed E-state index contributed by atoms with van der Waals surface area (Å²) in [6.07, 6.45) is 5.87. The molecule has 0 aliphatic heterocycles. The van der Waals surface area contributed by atoms with E-state index in [1.54, 1.807) is 24.3 Å². The normalized spacial score (nSPS) is 11.4. The van der Waals surface area contributed by atoms with Gasteiger partial charge in [-0.3, -0.25) is 0 Å². The van der Waals surface area contributed by atoms with Gasteiger partial charge in [0.15, 0.2) is 0 Å². The lowest BCUT2D eigenvalue weighted by atomic mass is 10.2. The molecule has 0 spiro atoms. The Morgan fingerprint density at radius 2 is 1.52 bits per heavy atom. The van der Waals surface area contributed by atoms with Crippen molar-refractivity contribution in [1.29, 1.82) is 0 Å². The molecule has 0 radical (unpaired) electrons. The fourth-order valence-corrected chi connectivity index (χ4v) is 2.73. The molecule has 23 heavy (non-hydrogen) atoms. The number of hydrogen-bond donors (Lipinski definition) is 1. The molecule has 1 rings (SSSR count). The molecule has 1 aromatic rings. The van der Waals surface area contributed by atoms with Crippen molar-refractivity contribution in [3.63, 3.8) is 0 Å². The summed E-state index contributed by atoms with van der Waals surface area (Å²) in [5, 5.41) is 0. The molecule has 0 saturated heterocycles. The molecule has 130 valence electrons. The van der Waals surface area contributed by atoms with E-state index in [0.29, 0.717) is 17.9 Å². The summed E-state index contributed by atoms with van der Waals surface area (Å²) in [4.78, 5) is 12.0. The zero-order chi connectivity index (χ0) is 17.1. The predicted molar refractivity (Wildman–Crippen MR) is 96.4 cm³/mol. The number of unbranched alkanes of at least 4 members (excludes halogenated alkanes) is 2. The van der Waals surface area contributed by atoms with Crippen LogP contribution in [0, 0.1) is 0 Å². The Morgan fingerprint density at radius 1 is 1.00 bits per heavy atom. The third-order valence-electron chi connectivity index (χ3n) is 4.32. The van der Waals surface area contributed by atoms with Crippen LogP contribution in [0.15, 0.2) is 24.3 Å². The van der Waals surface area contributed by atoms with Crippen molar-refractivity contribution in [3.8, 4) is 0 Å². The van der Waals surface area contributed by atoms with E-state index in [1.165, 1.54) is 38.8 Å². The van der Waals surface area contributed by atoms with E-state index in [0.717, 1.165) is 17.4 Å². The lowest BCUT2D eigenvalue weighted by Crippen LogP contribution is -2.46. The van der Waals surface area contributed by atoms with Crippen molar-refractivity contribution in [1.82, 2.24) is 0 Å². The average Bonchev–Trinajstić information content (AvgIpc) is 2.56. The SMILES string of the molecule is CCCC[N+](C)(CCCC)CCCOC(=O)c1ccc(N)cc1. The van der Waals surface area contributed by atoms with Crippen LogP contribution in [0.3, 0.4) is 0 Å². The van der Waals surface area contributed by atoms with Crippen LogP contribution in [-0.2, 0) is 4.74 Å². The number of quaternary nitrogens is 1. The van der Waals surface area contributed by atoms with Crippen LogP contribution in [0.25, 0.3) is 0 Å².